The van der Waals surface area contributed by atoms with Crippen molar-refractivity contribution in [1.82, 2.24) is 14.9 Å². The van der Waals surface area contributed by atoms with E-state index < -0.39 is 22.0 Å². The second-order valence-corrected chi connectivity index (χ2v) is 10.5. The number of aryl methyl sites for hydroxylation is 1. The lowest BCUT2D eigenvalue weighted by Gasteiger charge is -2.24. The van der Waals surface area contributed by atoms with Crippen LogP contribution in [-0.2, 0) is 19.6 Å². The van der Waals surface area contributed by atoms with Crippen molar-refractivity contribution in [3.05, 3.63) is 102 Å². The van der Waals surface area contributed by atoms with Crippen LogP contribution in [0, 0.1) is 6.92 Å². The average Bonchev–Trinajstić information content (AvgIpc) is 3.38. The normalized spacial score (nSPS) is 16.2. The van der Waals surface area contributed by atoms with Crippen molar-refractivity contribution < 1.29 is 18.0 Å². The van der Waals surface area contributed by atoms with Gasteiger partial charge in [-0.1, -0.05) is 78.4 Å². The molecule has 0 bridgehead atoms. The first kappa shape index (κ1) is 24.6. The maximum atomic E-state index is 13.1. The number of nitrogens with one attached hydrogen (secondary N) is 2. The minimum absolute atomic E-state index is 0.161. The molecule has 1 fully saturated rings. The van der Waals surface area contributed by atoms with Gasteiger partial charge in [-0.3, -0.25) is 9.59 Å². The Kier molecular flexibility index (Phi) is 7.63. The third-order valence-corrected chi connectivity index (χ3v) is 8.05. The van der Waals surface area contributed by atoms with E-state index in [1.54, 1.807) is 24.3 Å². The van der Waals surface area contributed by atoms with Gasteiger partial charge in [0.05, 0.1) is 17.5 Å². The Morgan fingerprint density at radius 3 is 2.06 bits per heavy atom. The Bertz CT molecular complexity index is 1220. The quantitative estimate of drug-likeness (QED) is 0.506. The fourth-order valence-electron chi connectivity index (χ4n) is 4.28. The summed E-state index contributed by atoms with van der Waals surface area (Å²) in [6.45, 7) is 1.90. The molecule has 3 aromatic rings. The van der Waals surface area contributed by atoms with Gasteiger partial charge >= 0.3 is 0 Å². The number of nitrogens with zero attached hydrogens (tertiary/aromatic N) is 1. The van der Waals surface area contributed by atoms with Gasteiger partial charge in [0.1, 0.15) is 6.04 Å². The maximum absolute atomic E-state index is 13.1. The summed E-state index contributed by atoms with van der Waals surface area (Å²) >= 11 is 0. The van der Waals surface area contributed by atoms with E-state index >= 15 is 0 Å². The van der Waals surface area contributed by atoms with E-state index in [2.05, 4.69) is 10.6 Å². The largest absolute Gasteiger partial charge is 0.346 e. The van der Waals surface area contributed by atoms with Crippen LogP contribution < -0.4 is 10.6 Å². The Hall–Kier alpha value is -3.49. The van der Waals surface area contributed by atoms with Crippen molar-refractivity contribution >= 4 is 21.8 Å². The Morgan fingerprint density at radius 2 is 1.49 bits per heavy atom. The molecule has 0 spiro atoms. The standard InChI is InChI=1S/C27H29N3O4S/c1-20-14-16-23(17-15-20)35(33,34)30-18-8-13-24(30)27(32)28-19-25(31)29-26(21-9-4-2-5-10-21)22-11-6-3-7-12-22/h2-7,9-12,14-17,24,26H,8,13,18-19H2,1H3,(H,28,32)(H,29,31)/t24-/m0/s1. The lowest BCUT2D eigenvalue weighted by molar-refractivity contribution is -0.128. The molecule has 1 heterocycles. The van der Waals surface area contributed by atoms with Gasteiger partial charge in [-0.2, -0.15) is 4.31 Å². The molecule has 3 aromatic carbocycles. The highest BCUT2D eigenvalue weighted by molar-refractivity contribution is 7.89. The van der Waals surface area contributed by atoms with Crippen molar-refractivity contribution in [2.75, 3.05) is 13.1 Å². The molecular weight excluding hydrogens is 462 g/mol. The molecule has 0 aliphatic carbocycles. The van der Waals surface area contributed by atoms with Crippen LogP contribution in [0.1, 0.15) is 35.6 Å². The molecule has 1 aliphatic rings. The molecule has 0 radical (unpaired) electrons. The molecule has 1 aliphatic heterocycles. The Labute approximate surface area is 206 Å². The van der Waals surface area contributed by atoms with E-state index in [9.17, 15) is 18.0 Å². The van der Waals surface area contributed by atoms with Crippen LogP contribution in [0.4, 0.5) is 0 Å². The molecule has 0 saturated carbocycles. The van der Waals surface area contributed by atoms with Crippen LogP contribution in [-0.4, -0.2) is 43.7 Å². The van der Waals surface area contributed by atoms with E-state index in [-0.39, 0.29) is 29.9 Å². The van der Waals surface area contributed by atoms with Crippen molar-refractivity contribution in [1.29, 1.82) is 0 Å². The minimum Gasteiger partial charge on any atom is -0.346 e. The van der Waals surface area contributed by atoms with Crippen LogP contribution >= 0.6 is 0 Å². The highest BCUT2D eigenvalue weighted by Gasteiger charge is 2.39. The van der Waals surface area contributed by atoms with Gasteiger partial charge in [-0.05, 0) is 43.0 Å². The number of carbonyl (C=O) groups excluding carboxylic acids is 2. The lowest BCUT2D eigenvalue weighted by atomic mass is 9.99. The third kappa shape index (κ3) is 5.78. The molecule has 1 saturated heterocycles. The van der Waals surface area contributed by atoms with Crippen molar-refractivity contribution in [3.63, 3.8) is 0 Å². The molecule has 2 N–H and O–H groups in total. The van der Waals surface area contributed by atoms with E-state index in [1.807, 2.05) is 67.6 Å². The molecule has 35 heavy (non-hydrogen) atoms. The minimum atomic E-state index is -3.81. The Balaban J connectivity index is 1.41. The van der Waals surface area contributed by atoms with Crippen molar-refractivity contribution in [2.45, 2.75) is 36.7 Å². The van der Waals surface area contributed by atoms with Gasteiger partial charge in [-0.25, -0.2) is 8.42 Å². The molecule has 4 rings (SSSR count). The summed E-state index contributed by atoms with van der Waals surface area (Å²) in [5, 5.41) is 5.62. The molecular formula is C27H29N3O4S. The summed E-state index contributed by atoms with van der Waals surface area (Å²) in [5.41, 5.74) is 2.80. The van der Waals surface area contributed by atoms with Crippen LogP contribution in [0.2, 0.25) is 0 Å². The summed E-state index contributed by atoms with van der Waals surface area (Å²) in [7, 11) is -3.81. The summed E-state index contributed by atoms with van der Waals surface area (Å²) in [5.74, 6) is -0.827. The topological polar surface area (TPSA) is 95.6 Å². The van der Waals surface area contributed by atoms with Gasteiger partial charge in [0.2, 0.25) is 21.8 Å². The summed E-state index contributed by atoms with van der Waals surface area (Å²) in [6.07, 6.45) is 0.995. The maximum Gasteiger partial charge on any atom is 0.243 e. The van der Waals surface area contributed by atoms with E-state index in [0.29, 0.717) is 12.8 Å². The predicted octanol–water partition coefficient (Wildman–Crippen LogP) is 3.17. The summed E-state index contributed by atoms with van der Waals surface area (Å²) in [6, 6.07) is 24.5. The summed E-state index contributed by atoms with van der Waals surface area (Å²) in [4.78, 5) is 25.9. The van der Waals surface area contributed by atoms with Crippen molar-refractivity contribution in [3.8, 4) is 0 Å². The second kappa shape index (κ2) is 10.8. The zero-order valence-electron chi connectivity index (χ0n) is 19.6. The first-order chi connectivity index (χ1) is 16.9. The van der Waals surface area contributed by atoms with Gasteiger partial charge in [0.25, 0.3) is 0 Å². The second-order valence-electron chi connectivity index (χ2n) is 8.63. The predicted molar refractivity (Wildman–Crippen MR) is 134 cm³/mol. The van der Waals surface area contributed by atoms with Crippen molar-refractivity contribution in [2.24, 2.45) is 0 Å². The number of benzene rings is 3. The molecule has 2 amide bonds. The molecule has 0 aromatic heterocycles. The van der Waals surface area contributed by atoms with E-state index in [4.69, 9.17) is 0 Å². The molecule has 182 valence electrons. The lowest BCUT2D eigenvalue weighted by Crippen LogP contribution is -2.48. The third-order valence-electron chi connectivity index (χ3n) is 6.13. The number of hydrogen-bond acceptors (Lipinski definition) is 4. The number of hydrogen-bond donors (Lipinski definition) is 2. The fourth-order valence-corrected chi connectivity index (χ4v) is 5.94. The highest BCUT2D eigenvalue weighted by Crippen LogP contribution is 2.26. The molecule has 8 heteroatoms. The van der Waals surface area contributed by atoms with Crippen LogP contribution in [0.25, 0.3) is 0 Å². The van der Waals surface area contributed by atoms with E-state index in [0.717, 1.165) is 16.7 Å². The number of carbonyl (C=O) groups is 2. The number of rotatable bonds is 8. The highest BCUT2D eigenvalue weighted by atomic mass is 32.2. The average molecular weight is 492 g/mol. The van der Waals surface area contributed by atoms with Gasteiger partial charge in [0, 0.05) is 6.54 Å². The van der Waals surface area contributed by atoms with Crippen LogP contribution in [0.15, 0.2) is 89.8 Å². The van der Waals surface area contributed by atoms with Gasteiger partial charge in [0.15, 0.2) is 0 Å². The van der Waals surface area contributed by atoms with Crippen LogP contribution in [0.3, 0.4) is 0 Å². The molecule has 0 unspecified atom stereocenters. The smallest absolute Gasteiger partial charge is 0.243 e. The number of amides is 2. The number of sulfonamides is 1. The fraction of sp³-hybridized carbons (Fsp3) is 0.259. The van der Waals surface area contributed by atoms with Crippen LogP contribution in [0.5, 0.6) is 0 Å². The van der Waals surface area contributed by atoms with E-state index in [1.165, 1.54) is 4.31 Å². The van der Waals surface area contributed by atoms with Gasteiger partial charge in [-0.15, -0.1) is 0 Å². The monoisotopic (exact) mass is 491 g/mol. The first-order valence-electron chi connectivity index (χ1n) is 11.6. The van der Waals surface area contributed by atoms with Gasteiger partial charge < -0.3 is 10.6 Å². The molecule has 7 nitrogen and oxygen atoms in total. The zero-order valence-corrected chi connectivity index (χ0v) is 20.4. The SMILES string of the molecule is Cc1ccc(S(=O)(=O)N2CCC[C@H]2C(=O)NCC(=O)NC(c2ccccc2)c2ccccc2)cc1. The molecule has 1 atom stereocenters. The first-order valence-corrected chi connectivity index (χ1v) is 13.1. The zero-order chi connectivity index (χ0) is 24.8. The Morgan fingerprint density at radius 1 is 0.914 bits per heavy atom. The summed E-state index contributed by atoms with van der Waals surface area (Å²) < 4.78 is 27.5.